The fourth-order valence-corrected chi connectivity index (χ4v) is 4.25. The Balaban J connectivity index is 0.00000363. The summed E-state index contributed by atoms with van der Waals surface area (Å²) in [6.07, 6.45) is 3.10. The van der Waals surface area contributed by atoms with Gasteiger partial charge in [-0.25, -0.2) is 0 Å². The van der Waals surface area contributed by atoms with Crippen molar-refractivity contribution in [2.24, 2.45) is 10.9 Å². The Morgan fingerprint density at radius 2 is 1.88 bits per heavy atom. The molecule has 3 rings (SSSR count). The summed E-state index contributed by atoms with van der Waals surface area (Å²) in [4.78, 5) is 4.99. The van der Waals surface area contributed by atoms with Crippen LogP contribution in [0.5, 0.6) is 11.5 Å². The lowest BCUT2D eigenvalue weighted by Gasteiger charge is -2.36. The largest absolute Gasteiger partial charge is 0.454 e. The number of hydrogen-bond acceptors (Lipinski definition) is 5. The highest BCUT2D eigenvalue weighted by atomic mass is 127. The summed E-state index contributed by atoms with van der Waals surface area (Å²) in [5.74, 6) is 3.00. The van der Waals surface area contributed by atoms with E-state index in [0.29, 0.717) is 19.3 Å². The van der Waals surface area contributed by atoms with Crippen LogP contribution in [-0.4, -0.2) is 58.3 Å². The Labute approximate surface area is 210 Å². The van der Waals surface area contributed by atoms with Gasteiger partial charge in [-0.2, -0.15) is 0 Å². The summed E-state index contributed by atoms with van der Waals surface area (Å²) in [5.41, 5.74) is 1.18. The van der Waals surface area contributed by atoms with E-state index >= 15 is 0 Å². The van der Waals surface area contributed by atoms with Crippen molar-refractivity contribution in [2.45, 2.75) is 58.5 Å². The second-order valence-electron chi connectivity index (χ2n) is 8.61. The van der Waals surface area contributed by atoms with Gasteiger partial charge < -0.3 is 29.6 Å². The van der Waals surface area contributed by atoms with Crippen molar-refractivity contribution >= 4 is 29.9 Å². The molecule has 0 bridgehead atoms. The molecule has 1 saturated heterocycles. The van der Waals surface area contributed by atoms with Gasteiger partial charge in [-0.15, -0.1) is 24.0 Å². The van der Waals surface area contributed by atoms with Gasteiger partial charge >= 0.3 is 0 Å². The first kappa shape index (κ1) is 27.0. The molecular formula is C24H40IN3O4. The van der Waals surface area contributed by atoms with Crippen LogP contribution in [0.25, 0.3) is 0 Å². The van der Waals surface area contributed by atoms with Crippen molar-refractivity contribution < 1.29 is 18.9 Å². The van der Waals surface area contributed by atoms with Gasteiger partial charge in [0.05, 0.1) is 12.6 Å². The molecule has 1 aromatic rings. The molecular weight excluding hydrogens is 521 g/mol. The van der Waals surface area contributed by atoms with E-state index in [2.05, 4.69) is 50.5 Å². The number of halogens is 1. The molecule has 2 heterocycles. The van der Waals surface area contributed by atoms with Crippen molar-refractivity contribution in [3.8, 4) is 11.5 Å². The van der Waals surface area contributed by atoms with Crippen LogP contribution in [0.3, 0.4) is 0 Å². The smallest absolute Gasteiger partial charge is 0.231 e. The van der Waals surface area contributed by atoms with Gasteiger partial charge in [0.1, 0.15) is 0 Å². The van der Waals surface area contributed by atoms with Gasteiger partial charge in [0.2, 0.25) is 6.79 Å². The van der Waals surface area contributed by atoms with E-state index in [4.69, 9.17) is 23.9 Å². The zero-order valence-corrected chi connectivity index (χ0v) is 22.3. The number of guanidine groups is 1. The molecule has 1 atom stereocenters. The molecule has 0 amide bonds. The highest BCUT2D eigenvalue weighted by Gasteiger charge is 2.35. The number of rotatable bonds is 10. The zero-order chi connectivity index (χ0) is 22.1. The van der Waals surface area contributed by atoms with Crippen molar-refractivity contribution in [1.29, 1.82) is 0 Å². The monoisotopic (exact) mass is 561 g/mol. The Morgan fingerprint density at radius 1 is 1.12 bits per heavy atom. The molecule has 0 radical (unpaired) electrons. The number of ether oxygens (including phenoxy) is 4. The fourth-order valence-electron chi connectivity index (χ4n) is 4.25. The number of aliphatic imine (C=N–C) groups is 1. The normalized spacial score (nSPS) is 18.2. The van der Waals surface area contributed by atoms with Crippen LogP contribution >= 0.6 is 24.0 Å². The van der Waals surface area contributed by atoms with E-state index in [9.17, 15) is 0 Å². The van der Waals surface area contributed by atoms with E-state index in [1.165, 1.54) is 5.56 Å². The minimum Gasteiger partial charge on any atom is -0.454 e. The summed E-state index contributed by atoms with van der Waals surface area (Å²) in [7, 11) is 0. The van der Waals surface area contributed by atoms with Crippen molar-refractivity contribution in [1.82, 2.24) is 10.6 Å². The third-order valence-electron chi connectivity index (χ3n) is 6.16. The Morgan fingerprint density at radius 3 is 2.56 bits per heavy atom. The summed E-state index contributed by atoms with van der Waals surface area (Å²) >= 11 is 0. The predicted octanol–water partition coefficient (Wildman–Crippen LogP) is 4.09. The summed E-state index contributed by atoms with van der Waals surface area (Å²) in [6, 6.07) is 6.30. The first-order valence-corrected chi connectivity index (χ1v) is 11.7. The lowest BCUT2D eigenvalue weighted by atomic mass is 9.74. The highest BCUT2D eigenvalue weighted by molar-refractivity contribution is 14.0. The van der Waals surface area contributed by atoms with Crippen LogP contribution in [0.1, 0.15) is 52.5 Å². The number of fused-ring (bicyclic) bond motifs is 1. The van der Waals surface area contributed by atoms with Gasteiger partial charge in [0.15, 0.2) is 17.5 Å². The minimum absolute atomic E-state index is 0. The third kappa shape index (κ3) is 7.12. The first-order chi connectivity index (χ1) is 15.1. The second kappa shape index (κ2) is 13.4. The number of nitrogens with zero attached hydrogens (tertiary/aromatic N) is 1. The minimum atomic E-state index is -0.0621. The fraction of sp³-hybridized carbons (Fsp3) is 0.708. The van der Waals surface area contributed by atoms with E-state index < -0.39 is 0 Å². The molecule has 1 unspecified atom stereocenters. The maximum absolute atomic E-state index is 5.87. The molecule has 2 N–H and O–H groups in total. The zero-order valence-electron chi connectivity index (χ0n) is 19.9. The van der Waals surface area contributed by atoms with Crippen LogP contribution in [0, 0.1) is 5.92 Å². The van der Waals surface area contributed by atoms with E-state index in [1.807, 2.05) is 6.07 Å². The van der Waals surface area contributed by atoms with Crippen LogP contribution in [0.2, 0.25) is 0 Å². The van der Waals surface area contributed by atoms with Crippen molar-refractivity contribution in [3.05, 3.63) is 23.8 Å². The molecule has 2 aliphatic rings. The molecule has 32 heavy (non-hydrogen) atoms. The molecule has 7 nitrogen and oxygen atoms in total. The first-order valence-electron chi connectivity index (χ1n) is 11.7. The quantitative estimate of drug-likeness (QED) is 0.255. The second-order valence-corrected chi connectivity index (χ2v) is 8.61. The molecule has 8 heteroatoms. The molecule has 0 spiro atoms. The van der Waals surface area contributed by atoms with Crippen LogP contribution < -0.4 is 20.1 Å². The maximum atomic E-state index is 5.87. The molecule has 0 saturated carbocycles. The standard InChI is InChI=1S/C24H39N3O4.HI/c1-5-25-23(26-12-9-20(18(3)4)29-6-2)27-16-24(10-13-28-14-11-24)19-7-8-21-22(15-19)31-17-30-21;/h7-8,15,18,20H,5-6,9-14,16-17H2,1-4H3,(H2,25,26,27);1H. The van der Waals surface area contributed by atoms with Gasteiger partial charge in [-0.1, -0.05) is 19.9 Å². The molecule has 2 aliphatic heterocycles. The van der Waals surface area contributed by atoms with Gasteiger partial charge in [0.25, 0.3) is 0 Å². The van der Waals surface area contributed by atoms with Crippen LogP contribution in [0.15, 0.2) is 23.2 Å². The SMILES string of the molecule is CCNC(=NCC1(c2ccc3c(c2)OCO3)CCOCC1)NCCC(OCC)C(C)C.I. The Bertz CT molecular complexity index is 723. The number of hydrogen-bond donors (Lipinski definition) is 2. The summed E-state index contributed by atoms with van der Waals surface area (Å²) in [5, 5.41) is 6.89. The lowest BCUT2D eigenvalue weighted by molar-refractivity contribution is 0.0258. The van der Waals surface area contributed by atoms with Crippen LogP contribution in [-0.2, 0) is 14.9 Å². The third-order valence-corrected chi connectivity index (χ3v) is 6.16. The number of nitrogens with one attached hydrogen (secondary N) is 2. The molecule has 1 aromatic carbocycles. The topological polar surface area (TPSA) is 73.3 Å². The average molecular weight is 562 g/mol. The van der Waals surface area contributed by atoms with Gasteiger partial charge in [-0.05, 0) is 56.7 Å². The lowest BCUT2D eigenvalue weighted by Crippen LogP contribution is -2.42. The Kier molecular flexibility index (Phi) is 11.3. The Hall–Kier alpha value is -1.26. The maximum Gasteiger partial charge on any atom is 0.231 e. The summed E-state index contributed by atoms with van der Waals surface area (Å²) in [6.45, 7) is 13.5. The van der Waals surface area contributed by atoms with E-state index in [-0.39, 0.29) is 35.5 Å². The molecule has 182 valence electrons. The summed E-state index contributed by atoms with van der Waals surface area (Å²) < 4.78 is 22.7. The highest BCUT2D eigenvalue weighted by Crippen LogP contribution is 2.41. The molecule has 0 aliphatic carbocycles. The van der Waals surface area contributed by atoms with Crippen LogP contribution in [0.4, 0.5) is 0 Å². The van der Waals surface area contributed by atoms with Gasteiger partial charge in [0, 0.05) is 38.3 Å². The van der Waals surface area contributed by atoms with E-state index in [1.54, 1.807) is 0 Å². The van der Waals surface area contributed by atoms with Gasteiger partial charge in [-0.3, -0.25) is 4.99 Å². The van der Waals surface area contributed by atoms with Crippen molar-refractivity contribution in [2.75, 3.05) is 46.2 Å². The average Bonchev–Trinajstić information content (AvgIpc) is 3.25. The van der Waals surface area contributed by atoms with Crippen molar-refractivity contribution in [3.63, 3.8) is 0 Å². The van der Waals surface area contributed by atoms with E-state index in [0.717, 1.165) is 69.6 Å². The predicted molar refractivity (Wildman–Crippen MR) is 139 cm³/mol. The number of benzene rings is 1. The molecule has 1 fully saturated rings. The molecule has 0 aromatic heterocycles.